The Bertz CT molecular complexity index is 314. The van der Waals surface area contributed by atoms with Gasteiger partial charge in [0.25, 0.3) is 4.46 Å². The number of halogens is 2. The standard InChI is InChI=1S/C9H9Cl2NO2/c10-9(11,8(13)14)12-6-7-4-2-1-3-5-7/h1-5,12H,6H2,(H,13,14). The average Bonchev–Trinajstić information content (AvgIpc) is 2.16. The molecule has 76 valence electrons. The molecule has 0 aliphatic carbocycles. The van der Waals surface area contributed by atoms with E-state index in [1.165, 1.54) is 0 Å². The van der Waals surface area contributed by atoms with Crippen LogP contribution in [-0.2, 0) is 11.3 Å². The van der Waals surface area contributed by atoms with Crippen LogP contribution in [0.1, 0.15) is 5.56 Å². The number of carboxylic acids is 1. The number of nitrogens with one attached hydrogen (secondary N) is 1. The predicted octanol–water partition coefficient (Wildman–Crippen LogP) is 1.99. The molecule has 0 unspecified atom stereocenters. The number of hydrogen-bond donors (Lipinski definition) is 2. The first kappa shape index (κ1) is 11.3. The normalized spacial score (nSPS) is 11.3. The van der Waals surface area contributed by atoms with Crippen molar-refractivity contribution in [3.8, 4) is 0 Å². The maximum Gasteiger partial charge on any atom is 0.355 e. The second-order valence-corrected chi connectivity index (χ2v) is 4.05. The highest BCUT2D eigenvalue weighted by atomic mass is 35.5. The second kappa shape index (κ2) is 4.64. The van der Waals surface area contributed by atoms with Crippen LogP contribution < -0.4 is 5.32 Å². The van der Waals surface area contributed by atoms with Crippen LogP contribution in [0.15, 0.2) is 30.3 Å². The largest absolute Gasteiger partial charge is 0.478 e. The Hall–Kier alpha value is -0.770. The molecule has 1 aromatic rings. The van der Waals surface area contributed by atoms with E-state index in [0.717, 1.165) is 5.56 Å². The third-order valence-electron chi connectivity index (χ3n) is 1.63. The summed E-state index contributed by atoms with van der Waals surface area (Å²) in [5.41, 5.74) is 0.916. The van der Waals surface area contributed by atoms with Gasteiger partial charge in [-0.25, -0.2) is 4.79 Å². The maximum absolute atomic E-state index is 10.5. The molecule has 5 heteroatoms. The molecule has 0 amide bonds. The van der Waals surface area contributed by atoms with Crippen molar-refractivity contribution >= 4 is 29.2 Å². The summed E-state index contributed by atoms with van der Waals surface area (Å²) in [5, 5.41) is 11.1. The molecule has 2 N–H and O–H groups in total. The van der Waals surface area contributed by atoms with Gasteiger partial charge in [0.15, 0.2) is 0 Å². The van der Waals surface area contributed by atoms with Crippen LogP contribution in [-0.4, -0.2) is 15.5 Å². The Morgan fingerprint density at radius 2 is 1.93 bits per heavy atom. The van der Waals surface area contributed by atoms with Crippen LogP contribution in [0.2, 0.25) is 0 Å². The van der Waals surface area contributed by atoms with Gasteiger partial charge in [-0.3, -0.25) is 5.32 Å². The number of carbonyl (C=O) groups is 1. The maximum atomic E-state index is 10.5. The minimum atomic E-state index is -1.93. The lowest BCUT2D eigenvalue weighted by atomic mass is 10.2. The Balaban J connectivity index is 2.53. The van der Waals surface area contributed by atoms with Gasteiger partial charge >= 0.3 is 5.97 Å². The van der Waals surface area contributed by atoms with Gasteiger partial charge in [-0.05, 0) is 5.56 Å². The second-order valence-electron chi connectivity index (χ2n) is 2.72. The number of aliphatic carboxylic acids is 1. The van der Waals surface area contributed by atoms with Gasteiger partial charge in [0.1, 0.15) is 0 Å². The van der Waals surface area contributed by atoms with Crippen LogP contribution in [0.25, 0.3) is 0 Å². The molecule has 0 saturated carbocycles. The minimum Gasteiger partial charge on any atom is -0.478 e. The highest BCUT2D eigenvalue weighted by Gasteiger charge is 2.32. The molecule has 0 heterocycles. The first-order valence-corrected chi connectivity index (χ1v) is 4.68. The van der Waals surface area contributed by atoms with Crippen molar-refractivity contribution < 1.29 is 9.90 Å². The molecule has 0 spiro atoms. The fourth-order valence-electron chi connectivity index (χ4n) is 0.885. The zero-order valence-corrected chi connectivity index (χ0v) is 8.72. The lowest BCUT2D eigenvalue weighted by Crippen LogP contribution is -2.41. The van der Waals surface area contributed by atoms with Crippen molar-refractivity contribution in [1.29, 1.82) is 0 Å². The summed E-state index contributed by atoms with van der Waals surface area (Å²) in [4.78, 5) is 10.5. The first-order valence-electron chi connectivity index (χ1n) is 3.92. The smallest absolute Gasteiger partial charge is 0.355 e. The molecule has 14 heavy (non-hydrogen) atoms. The molecule has 0 bridgehead atoms. The highest BCUT2D eigenvalue weighted by Crippen LogP contribution is 2.17. The average molecular weight is 234 g/mol. The molecule has 1 rings (SSSR count). The Morgan fingerprint density at radius 1 is 1.36 bits per heavy atom. The zero-order valence-electron chi connectivity index (χ0n) is 7.21. The molecule has 0 saturated heterocycles. The van der Waals surface area contributed by atoms with Gasteiger partial charge in [-0.2, -0.15) is 0 Å². The van der Waals surface area contributed by atoms with E-state index in [4.69, 9.17) is 28.3 Å². The third kappa shape index (κ3) is 3.18. The lowest BCUT2D eigenvalue weighted by molar-refractivity contribution is -0.138. The van der Waals surface area contributed by atoms with Crippen molar-refractivity contribution in [3.63, 3.8) is 0 Å². The summed E-state index contributed by atoms with van der Waals surface area (Å²) in [6.07, 6.45) is 0. The predicted molar refractivity (Wildman–Crippen MR) is 55.4 cm³/mol. The summed E-state index contributed by atoms with van der Waals surface area (Å²) >= 11 is 11.0. The highest BCUT2D eigenvalue weighted by molar-refractivity contribution is 6.56. The van der Waals surface area contributed by atoms with E-state index in [2.05, 4.69) is 5.32 Å². The van der Waals surface area contributed by atoms with Crippen LogP contribution >= 0.6 is 23.2 Å². The van der Waals surface area contributed by atoms with E-state index in [1.54, 1.807) is 0 Å². The van der Waals surface area contributed by atoms with E-state index in [1.807, 2.05) is 30.3 Å². The molecule has 0 atom stereocenters. The van der Waals surface area contributed by atoms with Gasteiger partial charge in [0, 0.05) is 6.54 Å². The van der Waals surface area contributed by atoms with Gasteiger partial charge < -0.3 is 5.11 Å². The molecule has 0 radical (unpaired) electrons. The molecular formula is C9H9Cl2NO2. The van der Waals surface area contributed by atoms with Crippen molar-refractivity contribution in [2.24, 2.45) is 0 Å². The summed E-state index contributed by atoms with van der Waals surface area (Å²) in [5.74, 6) is -1.31. The fraction of sp³-hybridized carbons (Fsp3) is 0.222. The Morgan fingerprint density at radius 3 is 2.43 bits per heavy atom. The number of hydrogen-bond acceptors (Lipinski definition) is 2. The fourth-order valence-corrected chi connectivity index (χ4v) is 1.02. The van der Waals surface area contributed by atoms with Crippen molar-refractivity contribution in [2.75, 3.05) is 0 Å². The first-order chi connectivity index (χ1) is 6.52. The van der Waals surface area contributed by atoms with Gasteiger partial charge in [0.2, 0.25) is 0 Å². The Kier molecular flexibility index (Phi) is 3.75. The van der Waals surface area contributed by atoms with Gasteiger partial charge in [-0.1, -0.05) is 53.5 Å². The van der Waals surface area contributed by atoms with E-state index in [-0.39, 0.29) is 0 Å². The molecule has 0 fully saturated rings. The Labute approximate surface area is 91.6 Å². The van der Waals surface area contributed by atoms with Crippen LogP contribution in [0.5, 0.6) is 0 Å². The van der Waals surface area contributed by atoms with Gasteiger partial charge in [-0.15, -0.1) is 0 Å². The van der Waals surface area contributed by atoms with E-state index in [0.29, 0.717) is 6.54 Å². The summed E-state index contributed by atoms with van der Waals surface area (Å²) in [7, 11) is 0. The molecule has 3 nitrogen and oxygen atoms in total. The van der Waals surface area contributed by atoms with Crippen LogP contribution in [0, 0.1) is 0 Å². The summed E-state index contributed by atoms with van der Waals surface area (Å²) in [6, 6.07) is 9.26. The number of carboxylic acid groups (broad SMARTS) is 1. The van der Waals surface area contributed by atoms with Crippen molar-refractivity contribution in [3.05, 3.63) is 35.9 Å². The van der Waals surface area contributed by atoms with Crippen molar-refractivity contribution in [2.45, 2.75) is 11.0 Å². The number of rotatable bonds is 4. The van der Waals surface area contributed by atoms with Gasteiger partial charge in [0.05, 0.1) is 0 Å². The molecular weight excluding hydrogens is 225 g/mol. The zero-order chi connectivity index (χ0) is 10.6. The van der Waals surface area contributed by atoms with Crippen LogP contribution in [0.3, 0.4) is 0 Å². The summed E-state index contributed by atoms with van der Waals surface area (Å²) < 4.78 is -1.93. The minimum absolute atomic E-state index is 0.306. The molecule has 0 aliphatic heterocycles. The lowest BCUT2D eigenvalue weighted by Gasteiger charge is -2.15. The monoisotopic (exact) mass is 233 g/mol. The van der Waals surface area contributed by atoms with Crippen LogP contribution in [0.4, 0.5) is 0 Å². The third-order valence-corrected chi connectivity index (χ3v) is 2.22. The number of alkyl halides is 2. The topological polar surface area (TPSA) is 49.3 Å². The number of benzene rings is 1. The molecule has 0 aromatic heterocycles. The van der Waals surface area contributed by atoms with E-state index < -0.39 is 10.4 Å². The summed E-state index contributed by atoms with van der Waals surface area (Å²) in [6.45, 7) is 0.306. The molecule has 1 aromatic carbocycles. The SMILES string of the molecule is O=C(O)C(Cl)(Cl)NCc1ccccc1. The van der Waals surface area contributed by atoms with Crippen molar-refractivity contribution in [1.82, 2.24) is 5.32 Å². The van der Waals surface area contributed by atoms with E-state index in [9.17, 15) is 4.79 Å². The molecule has 0 aliphatic rings. The quantitative estimate of drug-likeness (QED) is 0.618. The van der Waals surface area contributed by atoms with E-state index >= 15 is 0 Å².